The lowest BCUT2D eigenvalue weighted by atomic mass is 9.45. The number of nitrogens with two attached hydrogens (primary N) is 1. The van der Waals surface area contributed by atoms with Crippen molar-refractivity contribution in [3.8, 4) is 0 Å². The fourth-order valence-corrected chi connectivity index (χ4v) is 9.29. The van der Waals surface area contributed by atoms with Crippen LogP contribution in [0.3, 0.4) is 0 Å². The van der Waals surface area contributed by atoms with Crippen LogP contribution in [-0.4, -0.2) is 86.9 Å². The van der Waals surface area contributed by atoms with E-state index in [0.717, 1.165) is 18.4 Å². The Hall–Kier alpha value is -3.65. The second-order valence-corrected chi connectivity index (χ2v) is 15.3. The van der Waals surface area contributed by atoms with Gasteiger partial charge in [0.1, 0.15) is 17.7 Å². The van der Waals surface area contributed by atoms with Gasteiger partial charge >= 0.3 is 11.9 Å². The molecule has 4 aliphatic carbocycles. The number of hydrogen-bond acceptors (Lipinski definition) is 10. The predicted octanol–water partition coefficient (Wildman–Crippen LogP) is 1.09. The summed E-state index contributed by atoms with van der Waals surface area (Å²) < 4.78 is 5.20. The number of aliphatic hydroxyl groups is 2. The maximum absolute atomic E-state index is 13.5. The van der Waals surface area contributed by atoms with Gasteiger partial charge in [-0.05, 0) is 80.1 Å². The molecule has 0 spiro atoms. The Kier molecular flexibility index (Phi) is 11.4. The third-order valence-electron chi connectivity index (χ3n) is 12.0. The average molecular weight is 690 g/mol. The first-order valence-corrected chi connectivity index (χ1v) is 17.3. The molecule has 0 radical (unpaired) electrons. The second kappa shape index (κ2) is 14.7. The number of carboxylic acids is 1. The summed E-state index contributed by atoms with van der Waals surface area (Å²) in [6.45, 7) is 6.53. The minimum absolute atomic E-state index is 0.0368. The van der Waals surface area contributed by atoms with Gasteiger partial charge in [-0.3, -0.25) is 28.8 Å². The summed E-state index contributed by atoms with van der Waals surface area (Å²) in [6.07, 6.45) is 3.24. The van der Waals surface area contributed by atoms with Crippen LogP contribution in [0.25, 0.3) is 0 Å². The number of hydrogen-bond donors (Lipinski definition) is 6. The minimum Gasteiger partial charge on any atom is -0.480 e. The molecule has 0 saturated heterocycles. The van der Waals surface area contributed by atoms with Gasteiger partial charge < -0.3 is 36.4 Å². The first kappa shape index (κ1) is 38.2. The summed E-state index contributed by atoms with van der Waals surface area (Å²) in [6, 6.07) is -2.53. The zero-order valence-corrected chi connectivity index (χ0v) is 28.8. The van der Waals surface area contributed by atoms with Crippen molar-refractivity contribution in [2.24, 2.45) is 40.2 Å². The summed E-state index contributed by atoms with van der Waals surface area (Å²) >= 11 is 0. The van der Waals surface area contributed by atoms with Crippen molar-refractivity contribution in [3.63, 3.8) is 0 Å². The van der Waals surface area contributed by atoms with Gasteiger partial charge in [-0.1, -0.05) is 33.3 Å². The SMILES string of the molecule is CC(C)[C@H](NC(=O)CCC(=O)OCC(=O)[C@@]1(O)CC[C@H]2[C@@H]3CCC4=CC(=O)CC[C@]4(C)[C@H]3[C@@H](O)C[C@@]21C)C(=O)N[C@@H](CCC(N)=O)C(=O)O. The van der Waals surface area contributed by atoms with Gasteiger partial charge in [-0.15, -0.1) is 0 Å². The molecule has 4 rings (SSSR count). The van der Waals surface area contributed by atoms with E-state index in [0.29, 0.717) is 19.3 Å². The van der Waals surface area contributed by atoms with E-state index in [2.05, 4.69) is 17.6 Å². The van der Waals surface area contributed by atoms with E-state index in [1.165, 1.54) is 0 Å². The molecule has 272 valence electrons. The molecule has 7 N–H and O–H groups in total. The first-order chi connectivity index (χ1) is 22.8. The molecule has 0 heterocycles. The molecule has 9 atom stereocenters. The van der Waals surface area contributed by atoms with Crippen LogP contribution in [0, 0.1) is 34.5 Å². The predicted molar refractivity (Wildman–Crippen MR) is 173 cm³/mol. The van der Waals surface area contributed by atoms with E-state index in [9.17, 15) is 48.9 Å². The van der Waals surface area contributed by atoms with E-state index in [4.69, 9.17) is 10.5 Å². The molecule has 14 heteroatoms. The number of nitrogens with one attached hydrogen (secondary N) is 2. The Morgan fingerprint density at radius 2 is 1.71 bits per heavy atom. The molecule has 14 nitrogen and oxygen atoms in total. The Balaban J connectivity index is 1.31. The second-order valence-electron chi connectivity index (χ2n) is 15.3. The summed E-state index contributed by atoms with van der Waals surface area (Å²) in [4.78, 5) is 86.2. The topological polar surface area (TPSA) is 239 Å². The number of amides is 3. The first-order valence-electron chi connectivity index (χ1n) is 17.3. The van der Waals surface area contributed by atoms with Crippen LogP contribution in [0.15, 0.2) is 11.6 Å². The third kappa shape index (κ3) is 7.59. The zero-order chi connectivity index (χ0) is 36.5. The number of carbonyl (C=O) groups is 7. The number of ketones is 2. The standard InChI is InChI=1S/C35H51N3O11/c1-18(2)30(31(45)37-23(32(46)47)7-8-26(36)42)38-27(43)9-10-28(44)49-17-25(41)35(48)14-12-22-21-6-5-19-15-20(39)11-13-33(19,3)29(21)24(40)16-34(22,35)4/h15,18,21-24,29-30,40,48H,5-14,16-17H2,1-4H3,(H2,36,42)(H,37,45)(H,38,43)(H,46,47)/t21-,22-,23-,24-,29+,30-,33-,34-,35-/m0/s1. The molecule has 0 aromatic rings. The normalized spacial score (nSPS) is 33.2. The van der Waals surface area contributed by atoms with Crippen molar-refractivity contribution >= 4 is 41.2 Å². The van der Waals surface area contributed by atoms with Crippen LogP contribution in [0.4, 0.5) is 0 Å². The van der Waals surface area contributed by atoms with E-state index in [1.807, 2.05) is 6.92 Å². The molecule has 0 unspecified atom stereocenters. The quantitative estimate of drug-likeness (QED) is 0.141. The highest BCUT2D eigenvalue weighted by molar-refractivity contribution is 5.93. The Morgan fingerprint density at radius 3 is 2.35 bits per heavy atom. The number of primary amides is 1. The lowest BCUT2D eigenvalue weighted by Crippen LogP contribution is -2.62. The van der Waals surface area contributed by atoms with E-state index in [1.54, 1.807) is 19.9 Å². The van der Waals surface area contributed by atoms with Crippen LogP contribution in [-0.2, 0) is 38.3 Å². The minimum atomic E-state index is -1.82. The number of rotatable bonds is 14. The van der Waals surface area contributed by atoms with Crippen LogP contribution in [0.2, 0.25) is 0 Å². The number of ether oxygens (including phenoxy) is 1. The summed E-state index contributed by atoms with van der Waals surface area (Å²) in [5, 5.41) is 37.6. The molecule has 0 bridgehead atoms. The number of carboxylic acid groups (broad SMARTS) is 1. The maximum atomic E-state index is 13.5. The number of aliphatic hydroxyl groups excluding tert-OH is 1. The molecule has 3 saturated carbocycles. The van der Waals surface area contributed by atoms with Gasteiger partial charge in [0.15, 0.2) is 12.4 Å². The van der Waals surface area contributed by atoms with Crippen molar-refractivity contribution < 1.29 is 53.6 Å². The number of fused-ring (bicyclic) bond motifs is 5. The van der Waals surface area contributed by atoms with Gasteiger partial charge in [-0.25, -0.2) is 4.79 Å². The molecule has 49 heavy (non-hydrogen) atoms. The van der Waals surface area contributed by atoms with Gasteiger partial charge in [0.25, 0.3) is 0 Å². The smallest absolute Gasteiger partial charge is 0.326 e. The number of aliphatic carboxylic acids is 1. The molecule has 4 aliphatic rings. The van der Waals surface area contributed by atoms with Crippen LogP contribution in [0.5, 0.6) is 0 Å². The van der Waals surface area contributed by atoms with E-state index >= 15 is 0 Å². The molecular formula is C35H51N3O11. The van der Waals surface area contributed by atoms with Crippen LogP contribution in [0.1, 0.15) is 98.3 Å². The largest absolute Gasteiger partial charge is 0.480 e. The fourth-order valence-electron chi connectivity index (χ4n) is 9.29. The summed E-state index contributed by atoms with van der Waals surface area (Å²) in [5.41, 5.74) is 3.10. The number of carbonyl (C=O) groups excluding carboxylic acids is 6. The molecule has 0 aromatic heterocycles. The highest BCUT2D eigenvalue weighted by Gasteiger charge is 2.68. The molecule has 0 aromatic carbocycles. The van der Waals surface area contributed by atoms with Crippen molar-refractivity contribution in [1.82, 2.24) is 10.6 Å². The molecule has 0 aliphatic heterocycles. The Bertz CT molecular complexity index is 1410. The molecule has 3 amide bonds. The zero-order valence-electron chi connectivity index (χ0n) is 28.8. The lowest BCUT2D eigenvalue weighted by molar-refractivity contribution is -0.184. The molecule has 3 fully saturated rings. The van der Waals surface area contributed by atoms with E-state index in [-0.39, 0.29) is 61.1 Å². The van der Waals surface area contributed by atoms with Crippen molar-refractivity contribution in [3.05, 3.63) is 11.6 Å². The third-order valence-corrected chi connectivity index (χ3v) is 12.0. The highest BCUT2D eigenvalue weighted by Crippen LogP contribution is 2.67. The van der Waals surface area contributed by atoms with Crippen molar-refractivity contribution in [2.75, 3.05) is 6.61 Å². The summed E-state index contributed by atoms with van der Waals surface area (Å²) in [7, 11) is 0. The van der Waals surface area contributed by atoms with Gasteiger partial charge in [0, 0.05) is 24.7 Å². The van der Waals surface area contributed by atoms with Gasteiger partial charge in [0.2, 0.25) is 23.5 Å². The Morgan fingerprint density at radius 1 is 1.02 bits per heavy atom. The highest BCUT2D eigenvalue weighted by atomic mass is 16.5. The number of esters is 1. The average Bonchev–Trinajstić information content (AvgIpc) is 3.29. The maximum Gasteiger partial charge on any atom is 0.326 e. The number of Topliss-reactive ketones (excluding diaryl/α,β-unsaturated/α-hetero) is 1. The lowest BCUT2D eigenvalue weighted by Gasteiger charge is -2.60. The van der Waals surface area contributed by atoms with Crippen LogP contribution < -0.4 is 16.4 Å². The van der Waals surface area contributed by atoms with Crippen LogP contribution >= 0.6 is 0 Å². The fraction of sp³-hybridized carbons (Fsp3) is 0.743. The number of allylic oxidation sites excluding steroid dienone is 1. The molecular weight excluding hydrogens is 638 g/mol. The van der Waals surface area contributed by atoms with Gasteiger partial charge in [-0.2, -0.15) is 0 Å². The Labute approximate surface area is 286 Å². The summed E-state index contributed by atoms with van der Waals surface area (Å²) in [5.74, 6) is -5.46. The van der Waals surface area contributed by atoms with Crippen molar-refractivity contribution in [2.45, 2.75) is 122 Å². The van der Waals surface area contributed by atoms with Gasteiger partial charge in [0.05, 0.1) is 12.5 Å². The van der Waals surface area contributed by atoms with Crippen molar-refractivity contribution in [1.29, 1.82) is 0 Å². The van der Waals surface area contributed by atoms with E-state index < -0.39 is 83.6 Å². The monoisotopic (exact) mass is 689 g/mol.